The number of ether oxygens (including phenoxy) is 1. The highest BCUT2D eigenvalue weighted by Crippen LogP contribution is 2.15. The van der Waals surface area contributed by atoms with E-state index in [0.29, 0.717) is 12.5 Å². The van der Waals surface area contributed by atoms with Gasteiger partial charge in [-0.1, -0.05) is 17.2 Å². The minimum Gasteiger partial charge on any atom is -0.380 e. The lowest BCUT2D eigenvalue weighted by Crippen LogP contribution is -2.40. The Balaban J connectivity index is 1.88. The van der Waals surface area contributed by atoms with Crippen molar-refractivity contribution in [2.75, 3.05) is 26.7 Å². The quantitative estimate of drug-likeness (QED) is 0.774. The average molecular weight is 275 g/mol. The lowest BCUT2D eigenvalue weighted by molar-refractivity contribution is 0.0309. The molecule has 20 heavy (non-hydrogen) atoms. The second kappa shape index (κ2) is 7.00. The van der Waals surface area contributed by atoms with Crippen LogP contribution in [0.5, 0.6) is 0 Å². The molecule has 1 saturated heterocycles. The Morgan fingerprint density at radius 3 is 2.65 bits per heavy atom. The predicted molar refractivity (Wildman–Crippen MR) is 81.3 cm³/mol. The van der Waals surface area contributed by atoms with Crippen LogP contribution in [-0.4, -0.2) is 43.5 Å². The van der Waals surface area contributed by atoms with Gasteiger partial charge in [0.05, 0.1) is 6.10 Å². The number of piperidine rings is 1. The molecule has 1 aliphatic heterocycles. The van der Waals surface area contributed by atoms with Gasteiger partial charge < -0.3 is 9.64 Å². The molecule has 110 valence electrons. The Hall–Kier alpha value is -1.19. The molecule has 1 atom stereocenters. The summed E-state index contributed by atoms with van der Waals surface area (Å²) in [5, 5.41) is 0. The van der Waals surface area contributed by atoms with Crippen LogP contribution in [0.15, 0.2) is 18.2 Å². The highest BCUT2D eigenvalue weighted by atomic mass is 16.5. The van der Waals surface area contributed by atoms with Crippen LogP contribution in [-0.2, 0) is 4.74 Å². The fourth-order valence-corrected chi connectivity index (χ4v) is 2.95. The number of carbonyl (C=O) groups excluding carboxylic acids is 1. The molecule has 0 N–H and O–H groups in total. The number of carbonyl (C=O) groups is 1. The van der Waals surface area contributed by atoms with E-state index in [2.05, 4.69) is 11.0 Å². The molecule has 0 amide bonds. The third-order valence-electron chi connectivity index (χ3n) is 3.99. The SMILES string of the molecule is COC1CCCN(CCC(=O)c2cc(C)cc(C)c2)C1. The van der Waals surface area contributed by atoms with E-state index in [1.807, 2.05) is 26.0 Å². The summed E-state index contributed by atoms with van der Waals surface area (Å²) in [5.41, 5.74) is 3.17. The van der Waals surface area contributed by atoms with Gasteiger partial charge in [-0.2, -0.15) is 0 Å². The van der Waals surface area contributed by atoms with Gasteiger partial charge in [-0.3, -0.25) is 4.79 Å². The van der Waals surface area contributed by atoms with E-state index >= 15 is 0 Å². The number of ketones is 1. The molecule has 2 rings (SSSR count). The van der Waals surface area contributed by atoms with Gasteiger partial charge in [0.1, 0.15) is 0 Å². The molecule has 1 heterocycles. The number of Topliss-reactive ketones (excluding diaryl/α,β-unsaturated/α-hetero) is 1. The normalized spacial score (nSPS) is 20.1. The van der Waals surface area contributed by atoms with E-state index in [-0.39, 0.29) is 5.78 Å². The maximum atomic E-state index is 12.3. The van der Waals surface area contributed by atoms with E-state index < -0.39 is 0 Å². The Morgan fingerprint density at radius 2 is 2.00 bits per heavy atom. The van der Waals surface area contributed by atoms with Crippen LogP contribution >= 0.6 is 0 Å². The number of nitrogens with zero attached hydrogens (tertiary/aromatic N) is 1. The minimum atomic E-state index is 0.247. The lowest BCUT2D eigenvalue weighted by atomic mass is 10.0. The first-order valence-corrected chi connectivity index (χ1v) is 7.45. The zero-order valence-electron chi connectivity index (χ0n) is 12.8. The minimum absolute atomic E-state index is 0.247. The summed E-state index contributed by atoms with van der Waals surface area (Å²) in [4.78, 5) is 14.6. The number of rotatable bonds is 5. The summed E-state index contributed by atoms with van der Waals surface area (Å²) >= 11 is 0. The van der Waals surface area contributed by atoms with Crippen molar-refractivity contribution in [2.24, 2.45) is 0 Å². The predicted octanol–water partition coefficient (Wildman–Crippen LogP) is 2.99. The molecular formula is C17H25NO2. The van der Waals surface area contributed by atoms with Crippen molar-refractivity contribution in [3.8, 4) is 0 Å². The highest BCUT2D eigenvalue weighted by molar-refractivity contribution is 5.96. The smallest absolute Gasteiger partial charge is 0.164 e. The molecular weight excluding hydrogens is 250 g/mol. The van der Waals surface area contributed by atoms with Gasteiger partial charge in [0.15, 0.2) is 5.78 Å². The number of benzene rings is 1. The van der Waals surface area contributed by atoms with Crippen molar-refractivity contribution in [1.29, 1.82) is 0 Å². The maximum Gasteiger partial charge on any atom is 0.164 e. The van der Waals surface area contributed by atoms with Crippen LogP contribution in [0, 0.1) is 13.8 Å². The van der Waals surface area contributed by atoms with Gasteiger partial charge in [0.25, 0.3) is 0 Å². The Bertz CT molecular complexity index is 450. The van der Waals surface area contributed by atoms with Crippen LogP contribution < -0.4 is 0 Å². The third-order valence-corrected chi connectivity index (χ3v) is 3.99. The standard InChI is InChI=1S/C17H25NO2/c1-13-9-14(2)11-15(10-13)17(19)6-8-18-7-4-5-16(12-18)20-3/h9-11,16H,4-8,12H2,1-3H3. The summed E-state index contributed by atoms with van der Waals surface area (Å²) in [6.45, 7) is 6.96. The molecule has 1 fully saturated rings. The number of hydrogen-bond donors (Lipinski definition) is 0. The monoisotopic (exact) mass is 275 g/mol. The first-order valence-electron chi connectivity index (χ1n) is 7.45. The molecule has 1 aromatic carbocycles. The lowest BCUT2D eigenvalue weighted by Gasteiger charge is -2.31. The van der Waals surface area contributed by atoms with Gasteiger partial charge >= 0.3 is 0 Å². The molecule has 3 nitrogen and oxygen atoms in total. The van der Waals surface area contributed by atoms with E-state index in [1.165, 1.54) is 0 Å². The van der Waals surface area contributed by atoms with Crippen LogP contribution in [0.25, 0.3) is 0 Å². The fraction of sp³-hybridized carbons (Fsp3) is 0.588. The zero-order chi connectivity index (χ0) is 14.5. The molecule has 1 aromatic rings. The van der Waals surface area contributed by atoms with E-state index in [4.69, 9.17) is 4.74 Å². The van der Waals surface area contributed by atoms with Crippen LogP contribution in [0.4, 0.5) is 0 Å². The summed E-state index contributed by atoms with van der Waals surface area (Å²) < 4.78 is 5.42. The highest BCUT2D eigenvalue weighted by Gasteiger charge is 2.20. The molecule has 0 saturated carbocycles. The van der Waals surface area contributed by atoms with Crippen molar-refractivity contribution >= 4 is 5.78 Å². The number of hydrogen-bond acceptors (Lipinski definition) is 3. The van der Waals surface area contributed by atoms with E-state index in [1.54, 1.807) is 7.11 Å². The molecule has 0 aliphatic carbocycles. The van der Waals surface area contributed by atoms with Crippen LogP contribution in [0.3, 0.4) is 0 Å². The van der Waals surface area contributed by atoms with Crippen molar-refractivity contribution < 1.29 is 9.53 Å². The van der Waals surface area contributed by atoms with Gasteiger partial charge in [0, 0.05) is 32.2 Å². The molecule has 0 aromatic heterocycles. The summed E-state index contributed by atoms with van der Waals surface area (Å²) in [6.07, 6.45) is 3.23. The van der Waals surface area contributed by atoms with Gasteiger partial charge in [-0.15, -0.1) is 0 Å². The van der Waals surface area contributed by atoms with Gasteiger partial charge in [-0.05, 0) is 45.4 Å². The maximum absolute atomic E-state index is 12.3. The molecule has 3 heteroatoms. The van der Waals surface area contributed by atoms with Gasteiger partial charge in [-0.25, -0.2) is 0 Å². The topological polar surface area (TPSA) is 29.5 Å². The Kier molecular flexibility index (Phi) is 5.32. The summed E-state index contributed by atoms with van der Waals surface area (Å²) in [5.74, 6) is 0.247. The zero-order valence-corrected chi connectivity index (χ0v) is 12.8. The first-order chi connectivity index (χ1) is 9.58. The largest absolute Gasteiger partial charge is 0.380 e. The second-order valence-corrected chi connectivity index (χ2v) is 5.85. The third kappa shape index (κ3) is 4.15. The summed E-state index contributed by atoms with van der Waals surface area (Å²) in [6, 6.07) is 6.08. The van der Waals surface area contributed by atoms with Crippen LogP contribution in [0.2, 0.25) is 0 Å². The molecule has 1 aliphatic rings. The first kappa shape index (κ1) is 15.2. The number of methoxy groups -OCH3 is 1. The van der Waals surface area contributed by atoms with E-state index in [0.717, 1.165) is 49.2 Å². The Labute approximate surface area is 121 Å². The molecule has 1 unspecified atom stereocenters. The molecule has 0 spiro atoms. The van der Waals surface area contributed by atoms with Crippen LogP contribution in [0.1, 0.15) is 40.7 Å². The van der Waals surface area contributed by atoms with Crippen molar-refractivity contribution in [2.45, 2.75) is 39.2 Å². The van der Waals surface area contributed by atoms with Crippen molar-refractivity contribution in [3.63, 3.8) is 0 Å². The van der Waals surface area contributed by atoms with Crippen molar-refractivity contribution in [3.05, 3.63) is 34.9 Å². The average Bonchev–Trinajstić information content (AvgIpc) is 2.44. The number of aryl methyl sites for hydroxylation is 2. The number of likely N-dealkylation sites (tertiary alicyclic amines) is 1. The molecule has 0 bridgehead atoms. The van der Waals surface area contributed by atoms with E-state index in [9.17, 15) is 4.79 Å². The fourth-order valence-electron chi connectivity index (χ4n) is 2.95. The summed E-state index contributed by atoms with van der Waals surface area (Å²) in [7, 11) is 1.77. The van der Waals surface area contributed by atoms with Crippen molar-refractivity contribution in [1.82, 2.24) is 4.90 Å². The van der Waals surface area contributed by atoms with Gasteiger partial charge in [0.2, 0.25) is 0 Å². The Morgan fingerprint density at radius 1 is 1.30 bits per heavy atom. The molecule has 0 radical (unpaired) electrons. The second-order valence-electron chi connectivity index (χ2n) is 5.85.